The van der Waals surface area contributed by atoms with Gasteiger partial charge in [-0.05, 0) is 18.3 Å². The number of thioether (sulfide) groups is 1. The topological polar surface area (TPSA) is 24.4 Å². The number of rotatable bonds is 2. The molecule has 0 aromatic rings. The van der Waals surface area contributed by atoms with E-state index in [1.165, 1.54) is 0 Å². The zero-order chi connectivity index (χ0) is 10.8. The number of hydrogen-bond donors (Lipinski definition) is 1. The summed E-state index contributed by atoms with van der Waals surface area (Å²) in [5.74, 6) is 1.79. The predicted octanol–water partition coefficient (Wildman–Crippen LogP) is 2.75. The molecule has 1 aliphatic rings. The van der Waals surface area contributed by atoms with Gasteiger partial charge in [-0.25, -0.2) is 0 Å². The maximum absolute atomic E-state index is 4.61. The van der Waals surface area contributed by atoms with Gasteiger partial charge < -0.3 is 5.32 Å². The third-order valence-electron chi connectivity index (χ3n) is 2.83. The Kier molecular flexibility index (Phi) is 3.87. The quantitative estimate of drug-likeness (QED) is 0.764. The van der Waals surface area contributed by atoms with E-state index in [4.69, 9.17) is 0 Å². The molecule has 14 heavy (non-hydrogen) atoms. The highest BCUT2D eigenvalue weighted by atomic mass is 32.2. The van der Waals surface area contributed by atoms with Crippen molar-refractivity contribution in [1.82, 2.24) is 5.32 Å². The maximum atomic E-state index is 4.61. The van der Waals surface area contributed by atoms with Crippen LogP contribution in [0.15, 0.2) is 4.99 Å². The normalized spacial score (nSPS) is 27.8. The van der Waals surface area contributed by atoms with E-state index in [9.17, 15) is 0 Å². The highest BCUT2D eigenvalue weighted by molar-refractivity contribution is 8.14. The van der Waals surface area contributed by atoms with E-state index < -0.39 is 0 Å². The molecule has 3 heteroatoms. The van der Waals surface area contributed by atoms with Gasteiger partial charge in [0.25, 0.3) is 0 Å². The molecule has 0 amide bonds. The molecule has 0 bridgehead atoms. The van der Waals surface area contributed by atoms with Crippen molar-refractivity contribution in [2.75, 3.05) is 12.3 Å². The summed E-state index contributed by atoms with van der Waals surface area (Å²) in [5, 5.41) is 4.51. The third-order valence-corrected chi connectivity index (χ3v) is 4.01. The number of nitrogens with one attached hydrogen (secondary N) is 1. The molecular weight excluding hydrogens is 192 g/mol. The fourth-order valence-electron chi connectivity index (χ4n) is 1.08. The fraction of sp³-hybridized carbons (Fsp3) is 0.909. The van der Waals surface area contributed by atoms with E-state index in [-0.39, 0.29) is 0 Å². The van der Waals surface area contributed by atoms with Gasteiger partial charge in [-0.15, -0.1) is 0 Å². The van der Waals surface area contributed by atoms with E-state index in [0.717, 1.165) is 17.5 Å². The van der Waals surface area contributed by atoms with Crippen LogP contribution in [0.4, 0.5) is 0 Å². The number of hydrogen-bond acceptors (Lipinski definition) is 2. The molecule has 82 valence electrons. The standard InChI is InChI=1S/C11H22N2S/c1-8(11(3,4)5)6-12-10-13-9(2)7-14-10/h8-9H,6-7H2,1-5H3,(H,12,13). The number of amidine groups is 1. The highest BCUT2D eigenvalue weighted by Crippen LogP contribution is 2.25. The van der Waals surface area contributed by atoms with Gasteiger partial charge in [0.1, 0.15) is 0 Å². The minimum atomic E-state index is 0.360. The maximum Gasteiger partial charge on any atom is 0.156 e. The Labute approximate surface area is 92.0 Å². The molecular formula is C11H22N2S. The Morgan fingerprint density at radius 3 is 2.64 bits per heavy atom. The van der Waals surface area contributed by atoms with E-state index >= 15 is 0 Å². The van der Waals surface area contributed by atoms with Gasteiger partial charge in [0.15, 0.2) is 5.17 Å². The summed E-state index contributed by atoms with van der Waals surface area (Å²) >= 11 is 1.84. The second-order valence-electron chi connectivity index (χ2n) is 5.27. The molecule has 2 atom stereocenters. The minimum Gasteiger partial charge on any atom is -0.362 e. The first-order valence-electron chi connectivity index (χ1n) is 5.33. The molecule has 1 aliphatic heterocycles. The predicted molar refractivity (Wildman–Crippen MR) is 66.0 cm³/mol. The van der Waals surface area contributed by atoms with Gasteiger partial charge in [-0.3, -0.25) is 4.99 Å². The SMILES string of the molecule is CC1CSC(=NCC(C)C(C)(C)C)N1. The molecule has 0 aromatic heterocycles. The van der Waals surface area contributed by atoms with Crippen molar-refractivity contribution in [3.05, 3.63) is 0 Å². The molecule has 1 rings (SSSR count). The lowest BCUT2D eigenvalue weighted by atomic mass is 9.82. The largest absolute Gasteiger partial charge is 0.362 e. The summed E-state index contributed by atoms with van der Waals surface area (Å²) in [6, 6.07) is 0.587. The Morgan fingerprint density at radius 1 is 1.57 bits per heavy atom. The van der Waals surface area contributed by atoms with Crippen LogP contribution >= 0.6 is 11.8 Å². The smallest absolute Gasteiger partial charge is 0.156 e. The molecule has 1 fully saturated rings. The zero-order valence-corrected chi connectivity index (χ0v) is 10.7. The first kappa shape index (κ1) is 11.9. The Hall–Kier alpha value is -0.180. The number of nitrogens with zero attached hydrogens (tertiary/aromatic N) is 1. The highest BCUT2D eigenvalue weighted by Gasteiger charge is 2.21. The van der Waals surface area contributed by atoms with Gasteiger partial charge in [0, 0.05) is 18.3 Å². The fourth-order valence-corrected chi connectivity index (χ4v) is 2.02. The average molecular weight is 214 g/mol. The van der Waals surface area contributed by atoms with Crippen LogP contribution in [0.25, 0.3) is 0 Å². The van der Waals surface area contributed by atoms with Crippen LogP contribution < -0.4 is 5.32 Å². The van der Waals surface area contributed by atoms with Crippen LogP contribution in [0.2, 0.25) is 0 Å². The average Bonchev–Trinajstić information content (AvgIpc) is 2.45. The summed E-state index contributed by atoms with van der Waals surface area (Å²) in [6.07, 6.45) is 0. The summed E-state index contributed by atoms with van der Waals surface area (Å²) in [6.45, 7) is 12.2. The lowest BCUT2D eigenvalue weighted by molar-refractivity contribution is 0.269. The second kappa shape index (κ2) is 4.56. The summed E-state index contributed by atoms with van der Waals surface area (Å²) in [5.41, 5.74) is 0.360. The molecule has 0 spiro atoms. The lowest BCUT2D eigenvalue weighted by Crippen LogP contribution is -2.25. The molecule has 0 radical (unpaired) electrons. The van der Waals surface area contributed by atoms with Crippen LogP contribution in [0.1, 0.15) is 34.6 Å². The van der Waals surface area contributed by atoms with Gasteiger partial charge in [0.2, 0.25) is 0 Å². The number of aliphatic imine (C=N–C) groups is 1. The van der Waals surface area contributed by atoms with Crippen molar-refractivity contribution in [3.63, 3.8) is 0 Å². The van der Waals surface area contributed by atoms with Gasteiger partial charge in [0.05, 0.1) is 0 Å². The Balaban J connectivity index is 2.39. The van der Waals surface area contributed by atoms with Gasteiger partial charge in [-0.1, -0.05) is 39.5 Å². The van der Waals surface area contributed by atoms with E-state index in [0.29, 0.717) is 17.4 Å². The molecule has 1 N–H and O–H groups in total. The van der Waals surface area contributed by atoms with E-state index in [1.54, 1.807) is 0 Å². The Bertz CT molecular complexity index is 218. The monoisotopic (exact) mass is 214 g/mol. The molecule has 2 nitrogen and oxygen atoms in total. The summed E-state index contributed by atoms with van der Waals surface area (Å²) in [4.78, 5) is 4.61. The molecule has 2 unspecified atom stereocenters. The van der Waals surface area contributed by atoms with Crippen LogP contribution in [0.5, 0.6) is 0 Å². The minimum absolute atomic E-state index is 0.360. The lowest BCUT2D eigenvalue weighted by Gasteiger charge is -2.25. The van der Waals surface area contributed by atoms with Crippen molar-refractivity contribution < 1.29 is 0 Å². The van der Waals surface area contributed by atoms with Gasteiger partial charge >= 0.3 is 0 Å². The molecule has 1 heterocycles. The first-order valence-corrected chi connectivity index (χ1v) is 6.32. The molecule has 1 saturated heterocycles. The van der Waals surface area contributed by atoms with Crippen LogP contribution in [-0.4, -0.2) is 23.5 Å². The summed E-state index contributed by atoms with van der Waals surface area (Å²) < 4.78 is 0. The molecule has 0 aliphatic carbocycles. The second-order valence-corrected chi connectivity index (χ2v) is 6.28. The summed E-state index contributed by atoms with van der Waals surface area (Å²) in [7, 11) is 0. The van der Waals surface area contributed by atoms with Crippen molar-refractivity contribution >= 4 is 16.9 Å². The first-order chi connectivity index (χ1) is 6.39. The molecule has 0 saturated carbocycles. The van der Waals surface area contributed by atoms with Crippen LogP contribution in [0.3, 0.4) is 0 Å². The molecule has 0 aromatic carbocycles. The van der Waals surface area contributed by atoms with Crippen molar-refractivity contribution in [2.24, 2.45) is 16.3 Å². The van der Waals surface area contributed by atoms with Crippen LogP contribution in [0, 0.1) is 11.3 Å². The van der Waals surface area contributed by atoms with E-state index in [1.807, 2.05) is 11.8 Å². The van der Waals surface area contributed by atoms with Crippen molar-refractivity contribution in [2.45, 2.75) is 40.7 Å². The van der Waals surface area contributed by atoms with Crippen molar-refractivity contribution in [1.29, 1.82) is 0 Å². The van der Waals surface area contributed by atoms with Crippen molar-refractivity contribution in [3.8, 4) is 0 Å². The zero-order valence-electron chi connectivity index (χ0n) is 9.92. The van der Waals surface area contributed by atoms with Crippen LogP contribution in [-0.2, 0) is 0 Å². The third kappa shape index (κ3) is 3.52. The van der Waals surface area contributed by atoms with E-state index in [2.05, 4.69) is 44.9 Å². The Morgan fingerprint density at radius 2 is 2.21 bits per heavy atom. The van der Waals surface area contributed by atoms with Gasteiger partial charge in [-0.2, -0.15) is 0 Å².